The largest absolute Gasteiger partial charge is 0.500 e. The second kappa shape index (κ2) is 12.8. The summed E-state index contributed by atoms with van der Waals surface area (Å²) in [7, 11) is -2.38. The minimum absolute atomic E-state index is 0.681. The molecule has 0 unspecified atom stereocenters. The molecule has 0 bridgehead atoms. The highest BCUT2D eigenvalue weighted by Gasteiger charge is 2.39. The van der Waals surface area contributed by atoms with Crippen LogP contribution in [0.4, 0.5) is 0 Å². The Morgan fingerprint density at radius 1 is 0.700 bits per heavy atom. The number of unbranched alkanes of at least 4 members (excludes halogenated alkanes) is 4. The molecule has 0 aliphatic rings. The van der Waals surface area contributed by atoms with Gasteiger partial charge in [0.25, 0.3) is 0 Å². The second-order valence-electron chi connectivity index (χ2n) is 5.68. The molecule has 0 aromatic carbocycles. The van der Waals surface area contributed by atoms with Crippen LogP contribution in [-0.4, -0.2) is 28.6 Å². The Morgan fingerprint density at radius 2 is 1.15 bits per heavy atom. The van der Waals surface area contributed by atoms with Gasteiger partial charge in [0.2, 0.25) is 0 Å². The summed E-state index contributed by atoms with van der Waals surface area (Å²) in [5.74, 6) is 0.837. The maximum atomic E-state index is 5.86. The van der Waals surface area contributed by atoms with Crippen molar-refractivity contribution in [1.82, 2.24) is 0 Å². The lowest BCUT2D eigenvalue weighted by Gasteiger charge is -2.28. The first-order valence-corrected chi connectivity index (χ1v) is 10.4. The first-order valence-electron chi connectivity index (χ1n) is 8.52. The molecule has 0 aromatic heterocycles. The van der Waals surface area contributed by atoms with Crippen molar-refractivity contribution in [1.29, 1.82) is 0 Å². The summed E-state index contributed by atoms with van der Waals surface area (Å²) < 4.78 is 17.6. The van der Waals surface area contributed by atoms with Gasteiger partial charge in [-0.1, -0.05) is 46.0 Å². The van der Waals surface area contributed by atoms with Gasteiger partial charge in [0, 0.05) is 25.9 Å². The van der Waals surface area contributed by atoms with Crippen molar-refractivity contribution in [3.63, 3.8) is 0 Å². The SMILES string of the molecule is CCO[Si](CCCCCCCC(C)C)(OCC)OCC. The Kier molecular flexibility index (Phi) is 12.9. The molecule has 0 radical (unpaired) electrons. The molecule has 122 valence electrons. The van der Waals surface area contributed by atoms with Crippen molar-refractivity contribution in [3.8, 4) is 0 Å². The average molecular weight is 305 g/mol. The fourth-order valence-corrected chi connectivity index (χ4v) is 5.11. The Hall–Kier alpha value is 0.0969. The molecule has 0 aromatic rings. The molecule has 3 nitrogen and oxygen atoms in total. The van der Waals surface area contributed by atoms with Crippen LogP contribution in [-0.2, 0) is 13.3 Å². The molecule has 0 atom stereocenters. The highest BCUT2D eigenvalue weighted by Crippen LogP contribution is 2.21. The molecule has 0 saturated heterocycles. The summed E-state index contributed by atoms with van der Waals surface area (Å²) in [6.45, 7) is 12.7. The first kappa shape index (κ1) is 20.1. The third kappa shape index (κ3) is 9.92. The predicted octanol–water partition coefficient (Wildman–Crippen LogP) is 5.03. The quantitative estimate of drug-likeness (QED) is 0.333. The molecule has 20 heavy (non-hydrogen) atoms. The molecule has 0 aliphatic heterocycles. The molecule has 4 heteroatoms. The van der Waals surface area contributed by atoms with E-state index in [1.165, 1.54) is 32.1 Å². The van der Waals surface area contributed by atoms with E-state index in [9.17, 15) is 0 Å². The van der Waals surface area contributed by atoms with Crippen molar-refractivity contribution < 1.29 is 13.3 Å². The second-order valence-corrected chi connectivity index (χ2v) is 8.41. The lowest BCUT2D eigenvalue weighted by molar-refractivity contribution is 0.0706. The number of rotatable bonds is 14. The minimum Gasteiger partial charge on any atom is -0.374 e. The predicted molar refractivity (Wildman–Crippen MR) is 88.0 cm³/mol. The van der Waals surface area contributed by atoms with E-state index in [4.69, 9.17) is 13.3 Å². The van der Waals surface area contributed by atoms with Crippen LogP contribution >= 0.6 is 0 Å². The van der Waals surface area contributed by atoms with E-state index >= 15 is 0 Å². The molecule has 0 amide bonds. The highest BCUT2D eigenvalue weighted by molar-refractivity contribution is 6.60. The van der Waals surface area contributed by atoms with E-state index in [0.29, 0.717) is 19.8 Å². The van der Waals surface area contributed by atoms with Crippen LogP contribution in [0.15, 0.2) is 0 Å². The monoisotopic (exact) mass is 304 g/mol. The molecular weight excluding hydrogens is 268 g/mol. The summed E-state index contributed by atoms with van der Waals surface area (Å²) in [4.78, 5) is 0. The Morgan fingerprint density at radius 3 is 1.60 bits per heavy atom. The van der Waals surface area contributed by atoms with Crippen LogP contribution < -0.4 is 0 Å². The van der Waals surface area contributed by atoms with Gasteiger partial charge in [-0.05, 0) is 33.1 Å². The van der Waals surface area contributed by atoms with Gasteiger partial charge in [-0.2, -0.15) is 0 Å². The lowest BCUT2D eigenvalue weighted by Crippen LogP contribution is -2.45. The molecule has 0 aliphatic carbocycles. The van der Waals surface area contributed by atoms with Crippen molar-refractivity contribution in [3.05, 3.63) is 0 Å². The summed E-state index contributed by atoms with van der Waals surface area (Å²) in [6, 6.07) is 0.965. The van der Waals surface area contributed by atoms with Crippen LogP contribution in [0, 0.1) is 5.92 Å². The fourth-order valence-electron chi connectivity index (χ4n) is 2.43. The molecular formula is C16H36O3Si. The van der Waals surface area contributed by atoms with Crippen LogP contribution in [0.25, 0.3) is 0 Å². The molecule has 0 saturated carbocycles. The van der Waals surface area contributed by atoms with Gasteiger partial charge >= 0.3 is 8.80 Å². The van der Waals surface area contributed by atoms with Gasteiger partial charge in [-0.25, -0.2) is 0 Å². The van der Waals surface area contributed by atoms with E-state index in [0.717, 1.165) is 18.4 Å². The van der Waals surface area contributed by atoms with Crippen LogP contribution in [0.5, 0.6) is 0 Å². The van der Waals surface area contributed by atoms with E-state index in [1.807, 2.05) is 20.8 Å². The Bertz CT molecular complexity index is 193. The maximum absolute atomic E-state index is 5.86. The van der Waals surface area contributed by atoms with Crippen molar-refractivity contribution in [2.75, 3.05) is 19.8 Å². The van der Waals surface area contributed by atoms with Crippen molar-refractivity contribution >= 4 is 8.80 Å². The number of hydrogen-bond acceptors (Lipinski definition) is 3. The molecule has 0 spiro atoms. The van der Waals surface area contributed by atoms with Gasteiger partial charge in [0.15, 0.2) is 0 Å². The third-order valence-corrected chi connectivity index (χ3v) is 6.51. The molecule has 0 fully saturated rings. The zero-order valence-corrected chi connectivity index (χ0v) is 15.4. The van der Waals surface area contributed by atoms with E-state index in [1.54, 1.807) is 0 Å². The van der Waals surface area contributed by atoms with E-state index in [2.05, 4.69) is 13.8 Å². The molecule has 0 heterocycles. The van der Waals surface area contributed by atoms with Gasteiger partial charge in [-0.3, -0.25) is 0 Å². The maximum Gasteiger partial charge on any atom is 0.500 e. The topological polar surface area (TPSA) is 27.7 Å². The zero-order valence-electron chi connectivity index (χ0n) is 14.4. The van der Waals surface area contributed by atoms with Crippen LogP contribution in [0.1, 0.15) is 73.1 Å². The van der Waals surface area contributed by atoms with Crippen molar-refractivity contribution in [2.24, 2.45) is 5.92 Å². The first-order chi connectivity index (χ1) is 9.60. The Balaban J connectivity index is 3.88. The smallest absolute Gasteiger partial charge is 0.374 e. The summed E-state index contributed by atoms with van der Waals surface area (Å²) >= 11 is 0. The normalized spacial score (nSPS) is 12.3. The third-order valence-electron chi connectivity index (χ3n) is 3.36. The summed E-state index contributed by atoms with van der Waals surface area (Å²) in [6.07, 6.45) is 7.82. The Labute approximate surface area is 127 Å². The van der Waals surface area contributed by atoms with Gasteiger partial charge in [-0.15, -0.1) is 0 Å². The zero-order chi connectivity index (χ0) is 15.3. The van der Waals surface area contributed by atoms with Crippen molar-refractivity contribution in [2.45, 2.75) is 79.2 Å². The van der Waals surface area contributed by atoms with Crippen LogP contribution in [0.3, 0.4) is 0 Å². The number of hydrogen-bond donors (Lipinski definition) is 0. The van der Waals surface area contributed by atoms with Crippen LogP contribution in [0.2, 0.25) is 6.04 Å². The lowest BCUT2D eigenvalue weighted by atomic mass is 10.0. The van der Waals surface area contributed by atoms with E-state index in [-0.39, 0.29) is 0 Å². The average Bonchev–Trinajstić information content (AvgIpc) is 2.38. The van der Waals surface area contributed by atoms with Gasteiger partial charge in [0.1, 0.15) is 0 Å². The molecule has 0 N–H and O–H groups in total. The minimum atomic E-state index is -2.38. The summed E-state index contributed by atoms with van der Waals surface area (Å²) in [5.41, 5.74) is 0. The van der Waals surface area contributed by atoms with E-state index < -0.39 is 8.80 Å². The summed E-state index contributed by atoms with van der Waals surface area (Å²) in [5, 5.41) is 0. The van der Waals surface area contributed by atoms with Gasteiger partial charge < -0.3 is 13.3 Å². The highest BCUT2D eigenvalue weighted by atomic mass is 28.4. The van der Waals surface area contributed by atoms with Gasteiger partial charge in [0.05, 0.1) is 0 Å². The molecule has 0 rings (SSSR count). The standard InChI is InChI=1S/C16H36O3Si/c1-6-17-20(18-7-2,19-8-3)15-13-11-9-10-12-14-16(4)5/h16H,6-15H2,1-5H3. The fraction of sp³-hybridized carbons (Fsp3) is 1.00.